The summed E-state index contributed by atoms with van der Waals surface area (Å²) >= 11 is 0. The number of halogens is 2. The van der Waals surface area contributed by atoms with Crippen molar-refractivity contribution in [1.82, 2.24) is 0 Å². The highest BCUT2D eigenvalue weighted by Gasteiger charge is 2.21. The number of hydrogen-bond acceptors (Lipinski definition) is 5. The van der Waals surface area contributed by atoms with E-state index in [1.807, 2.05) is 26.0 Å². The maximum atomic E-state index is 12.5. The highest BCUT2D eigenvalue weighted by Crippen LogP contribution is 2.28. The molecule has 0 aliphatic heterocycles. The molecule has 158 valence electrons. The van der Waals surface area contributed by atoms with Crippen LogP contribution in [0.2, 0.25) is 0 Å². The summed E-state index contributed by atoms with van der Waals surface area (Å²) in [5.74, 6) is -1.47. The van der Waals surface area contributed by atoms with Gasteiger partial charge in [-0.1, -0.05) is 24.3 Å². The lowest BCUT2D eigenvalue weighted by Crippen LogP contribution is -2.30. The number of nitrogens with one attached hydrogen (secondary N) is 1. The van der Waals surface area contributed by atoms with Gasteiger partial charge in [-0.2, -0.15) is 8.78 Å². The lowest BCUT2D eigenvalue weighted by Gasteiger charge is -2.15. The van der Waals surface area contributed by atoms with Crippen molar-refractivity contribution >= 4 is 28.5 Å². The van der Waals surface area contributed by atoms with Gasteiger partial charge in [0.05, 0.1) is 18.4 Å². The highest BCUT2D eigenvalue weighted by molar-refractivity contribution is 5.96. The summed E-state index contributed by atoms with van der Waals surface area (Å²) in [4.78, 5) is 24.7. The molecule has 1 amide bonds. The van der Waals surface area contributed by atoms with E-state index in [9.17, 15) is 18.4 Å². The fourth-order valence-corrected chi connectivity index (χ4v) is 2.98. The van der Waals surface area contributed by atoms with Gasteiger partial charge in [-0.15, -0.1) is 0 Å². The predicted octanol–water partition coefficient (Wildman–Crippen LogP) is 4.76. The van der Waals surface area contributed by atoms with Gasteiger partial charge in [0.25, 0.3) is 5.91 Å². The van der Waals surface area contributed by atoms with Crippen LogP contribution in [0.1, 0.15) is 23.6 Å². The average Bonchev–Trinajstić information content (AvgIpc) is 3.09. The molecular weight excluding hydrogens is 396 g/mol. The Morgan fingerprint density at radius 1 is 1.13 bits per heavy atom. The molecule has 0 bridgehead atoms. The third-order valence-electron chi connectivity index (χ3n) is 4.71. The first kappa shape index (κ1) is 21.3. The zero-order valence-electron chi connectivity index (χ0n) is 16.7. The molecule has 6 nitrogen and oxygen atoms in total. The van der Waals surface area contributed by atoms with Gasteiger partial charge >= 0.3 is 12.6 Å². The molecule has 1 N–H and O–H groups in total. The highest BCUT2D eigenvalue weighted by atomic mass is 19.3. The number of anilines is 1. The van der Waals surface area contributed by atoms with Crippen LogP contribution in [0.25, 0.3) is 11.0 Å². The molecule has 2 aromatic carbocycles. The van der Waals surface area contributed by atoms with Crippen molar-refractivity contribution < 1.29 is 32.3 Å². The Bertz CT molecular complexity index is 1080. The molecule has 1 heterocycles. The number of esters is 1. The number of furan rings is 1. The molecule has 8 heteroatoms. The van der Waals surface area contributed by atoms with Crippen LogP contribution in [0.3, 0.4) is 0 Å². The lowest BCUT2D eigenvalue weighted by molar-refractivity contribution is -0.152. The summed E-state index contributed by atoms with van der Waals surface area (Å²) in [5.41, 5.74) is 3.48. The van der Waals surface area contributed by atoms with Crippen LogP contribution in [-0.4, -0.2) is 24.6 Å². The van der Waals surface area contributed by atoms with Crippen molar-refractivity contribution in [3.8, 4) is 5.75 Å². The molecule has 0 radical (unpaired) electrons. The van der Waals surface area contributed by atoms with Crippen molar-refractivity contribution in [2.45, 2.75) is 39.9 Å². The standard InChI is InChI=1S/C22H21F2NO5/c1-12-8-9-16-15(11-28-20(16)13(12)2)10-19(26)29-14(3)21(27)25-17-6-4-5-7-18(17)30-22(23)24/h4-9,11,14,22H,10H2,1-3H3,(H,25,27)/t14-/m0/s1. The minimum absolute atomic E-state index is 0.0531. The Balaban J connectivity index is 1.64. The Hall–Kier alpha value is -3.42. The number of carbonyl (C=O) groups excluding carboxylic acids is 2. The normalized spacial score (nSPS) is 12.1. The maximum Gasteiger partial charge on any atom is 0.387 e. The minimum atomic E-state index is -3.03. The summed E-state index contributed by atoms with van der Waals surface area (Å²) < 4.78 is 40.1. The topological polar surface area (TPSA) is 77.8 Å². The van der Waals surface area contributed by atoms with Crippen LogP contribution in [0, 0.1) is 13.8 Å². The van der Waals surface area contributed by atoms with E-state index in [-0.39, 0.29) is 17.9 Å². The van der Waals surface area contributed by atoms with E-state index in [2.05, 4.69) is 10.1 Å². The molecule has 0 unspecified atom stereocenters. The third-order valence-corrected chi connectivity index (χ3v) is 4.71. The number of fused-ring (bicyclic) bond motifs is 1. The second-order valence-electron chi connectivity index (χ2n) is 6.82. The second kappa shape index (κ2) is 8.94. The Labute approximate surface area is 171 Å². The summed E-state index contributed by atoms with van der Waals surface area (Å²) in [6.45, 7) is 2.27. The van der Waals surface area contributed by atoms with Gasteiger partial charge < -0.3 is 19.2 Å². The smallest absolute Gasteiger partial charge is 0.387 e. The molecule has 0 aliphatic rings. The molecule has 3 aromatic rings. The number of amides is 1. The third kappa shape index (κ3) is 4.76. The van der Waals surface area contributed by atoms with E-state index in [0.717, 1.165) is 16.5 Å². The van der Waals surface area contributed by atoms with Gasteiger partial charge in [0.15, 0.2) is 6.10 Å². The van der Waals surface area contributed by atoms with E-state index in [0.29, 0.717) is 11.1 Å². The van der Waals surface area contributed by atoms with Crippen LogP contribution < -0.4 is 10.1 Å². The zero-order chi connectivity index (χ0) is 21.8. The number of rotatable bonds is 7. The predicted molar refractivity (Wildman–Crippen MR) is 107 cm³/mol. The molecule has 0 saturated heterocycles. The van der Waals surface area contributed by atoms with Crippen LogP contribution in [0.5, 0.6) is 5.75 Å². The molecule has 0 saturated carbocycles. The van der Waals surface area contributed by atoms with Crippen molar-refractivity contribution in [3.05, 3.63) is 59.4 Å². The number of benzene rings is 2. The molecule has 30 heavy (non-hydrogen) atoms. The summed E-state index contributed by atoms with van der Waals surface area (Å²) in [6, 6.07) is 9.57. The average molecular weight is 417 g/mol. The van der Waals surface area contributed by atoms with Gasteiger partial charge in [0.2, 0.25) is 0 Å². The Morgan fingerprint density at radius 2 is 1.87 bits per heavy atom. The molecule has 0 fully saturated rings. The van der Waals surface area contributed by atoms with Crippen LogP contribution in [0.4, 0.5) is 14.5 Å². The minimum Gasteiger partial charge on any atom is -0.464 e. The van der Waals surface area contributed by atoms with Crippen molar-refractivity contribution in [1.29, 1.82) is 0 Å². The van der Waals surface area contributed by atoms with E-state index < -0.39 is 24.6 Å². The van der Waals surface area contributed by atoms with E-state index in [1.165, 1.54) is 31.4 Å². The van der Waals surface area contributed by atoms with Gasteiger partial charge in [0, 0.05) is 10.9 Å². The van der Waals surface area contributed by atoms with Gasteiger partial charge in [-0.3, -0.25) is 9.59 Å². The lowest BCUT2D eigenvalue weighted by atomic mass is 10.0. The number of para-hydroxylation sites is 2. The first-order valence-electron chi connectivity index (χ1n) is 9.26. The summed E-state index contributed by atoms with van der Waals surface area (Å²) in [5, 5.41) is 3.24. The number of alkyl halides is 2. The number of aryl methyl sites for hydroxylation is 2. The molecule has 0 spiro atoms. The molecule has 3 rings (SSSR count). The Kier molecular flexibility index (Phi) is 6.34. The number of ether oxygens (including phenoxy) is 2. The van der Waals surface area contributed by atoms with Crippen LogP contribution in [-0.2, 0) is 20.7 Å². The van der Waals surface area contributed by atoms with Crippen molar-refractivity contribution in [2.75, 3.05) is 5.32 Å². The van der Waals surface area contributed by atoms with E-state index in [1.54, 1.807) is 6.07 Å². The number of hydrogen-bond donors (Lipinski definition) is 1. The molecule has 0 aliphatic carbocycles. The second-order valence-corrected chi connectivity index (χ2v) is 6.82. The van der Waals surface area contributed by atoms with E-state index in [4.69, 9.17) is 9.15 Å². The number of carbonyl (C=O) groups is 2. The summed E-state index contributed by atoms with van der Waals surface area (Å²) in [6.07, 6.45) is 0.290. The van der Waals surface area contributed by atoms with Crippen LogP contribution >= 0.6 is 0 Å². The van der Waals surface area contributed by atoms with Gasteiger partial charge in [-0.25, -0.2) is 0 Å². The quantitative estimate of drug-likeness (QED) is 0.561. The zero-order valence-corrected chi connectivity index (χ0v) is 16.7. The molecule has 1 aromatic heterocycles. The van der Waals surface area contributed by atoms with E-state index >= 15 is 0 Å². The fraction of sp³-hybridized carbons (Fsp3) is 0.273. The van der Waals surface area contributed by atoms with Gasteiger partial charge in [-0.05, 0) is 44.0 Å². The molecule has 1 atom stereocenters. The molecular formula is C22H21F2NO5. The Morgan fingerprint density at radius 3 is 2.60 bits per heavy atom. The summed E-state index contributed by atoms with van der Waals surface area (Å²) in [7, 11) is 0. The SMILES string of the molecule is Cc1ccc2c(CC(=O)O[C@@H](C)C(=O)Nc3ccccc3OC(F)F)coc2c1C. The van der Waals surface area contributed by atoms with Gasteiger partial charge in [0.1, 0.15) is 11.3 Å². The largest absolute Gasteiger partial charge is 0.464 e. The van der Waals surface area contributed by atoms with Crippen molar-refractivity contribution in [2.24, 2.45) is 0 Å². The van der Waals surface area contributed by atoms with Crippen molar-refractivity contribution in [3.63, 3.8) is 0 Å². The monoisotopic (exact) mass is 417 g/mol. The first-order valence-corrected chi connectivity index (χ1v) is 9.26. The fourth-order valence-electron chi connectivity index (χ4n) is 2.98. The van der Waals surface area contributed by atoms with Crippen LogP contribution in [0.15, 0.2) is 47.1 Å². The maximum absolute atomic E-state index is 12.5. The first-order chi connectivity index (χ1) is 14.3.